The Morgan fingerprint density at radius 2 is 2.00 bits per heavy atom. The lowest BCUT2D eigenvalue weighted by molar-refractivity contribution is 0.101. The van der Waals surface area contributed by atoms with Crippen LogP contribution in [0.25, 0.3) is 0 Å². The molecule has 0 saturated heterocycles. The molecule has 2 N–H and O–H groups in total. The van der Waals surface area contributed by atoms with Crippen LogP contribution in [0.2, 0.25) is 0 Å². The van der Waals surface area contributed by atoms with Crippen LogP contribution in [0.4, 0.5) is 0 Å². The van der Waals surface area contributed by atoms with Crippen molar-refractivity contribution in [1.29, 1.82) is 0 Å². The average Bonchev–Trinajstić information content (AvgIpc) is 2.39. The first-order chi connectivity index (χ1) is 8.76. The minimum atomic E-state index is -0.307. The minimum Gasteiger partial charge on any atom is -0.396 e. The van der Waals surface area contributed by atoms with Crippen molar-refractivity contribution in [1.82, 2.24) is 9.88 Å². The van der Waals surface area contributed by atoms with Crippen LogP contribution in [-0.2, 0) is 6.54 Å². The maximum absolute atomic E-state index is 9.92. The maximum Gasteiger partial charge on any atom is 0.0667 e. The molecule has 0 aliphatic carbocycles. The van der Waals surface area contributed by atoms with Crippen molar-refractivity contribution in [3.63, 3.8) is 0 Å². The van der Waals surface area contributed by atoms with E-state index in [1.165, 1.54) is 5.56 Å². The summed E-state index contributed by atoms with van der Waals surface area (Å²) in [6.07, 6.45) is 5.69. The molecule has 0 aliphatic heterocycles. The van der Waals surface area contributed by atoms with Crippen LogP contribution >= 0.6 is 0 Å². The summed E-state index contributed by atoms with van der Waals surface area (Å²) in [6.45, 7) is 4.75. The average molecular weight is 252 g/mol. The van der Waals surface area contributed by atoms with Gasteiger partial charge in [0.2, 0.25) is 0 Å². The highest BCUT2D eigenvalue weighted by molar-refractivity contribution is 5.09. The number of hydrogen-bond acceptors (Lipinski definition) is 4. The van der Waals surface area contributed by atoms with E-state index >= 15 is 0 Å². The molecule has 1 unspecified atom stereocenters. The molecule has 0 bridgehead atoms. The topological polar surface area (TPSA) is 56.6 Å². The smallest absolute Gasteiger partial charge is 0.0667 e. The van der Waals surface area contributed by atoms with Gasteiger partial charge in [0, 0.05) is 32.1 Å². The fourth-order valence-electron chi connectivity index (χ4n) is 1.93. The quantitative estimate of drug-likeness (QED) is 0.653. The SMILES string of the molecule is CCN(Cc1ccncc1)CC(O)CCCCO. The van der Waals surface area contributed by atoms with Crippen molar-refractivity contribution in [2.45, 2.75) is 38.8 Å². The van der Waals surface area contributed by atoms with Crippen LogP contribution in [-0.4, -0.2) is 45.9 Å². The first-order valence-electron chi connectivity index (χ1n) is 6.66. The van der Waals surface area contributed by atoms with E-state index in [0.29, 0.717) is 6.54 Å². The third-order valence-corrected chi connectivity index (χ3v) is 3.02. The van der Waals surface area contributed by atoms with Gasteiger partial charge in [0.1, 0.15) is 0 Å². The Morgan fingerprint density at radius 3 is 2.61 bits per heavy atom. The molecular formula is C14H24N2O2. The second kappa shape index (κ2) is 9.03. The molecule has 1 aromatic heterocycles. The van der Waals surface area contributed by atoms with Gasteiger partial charge in [-0.15, -0.1) is 0 Å². The Kier molecular flexibility index (Phi) is 7.57. The second-order valence-electron chi connectivity index (χ2n) is 4.56. The number of rotatable bonds is 9. The zero-order valence-corrected chi connectivity index (χ0v) is 11.1. The van der Waals surface area contributed by atoms with Crippen LogP contribution < -0.4 is 0 Å². The lowest BCUT2D eigenvalue weighted by atomic mass is 10.1. The van der Waals surface area contributed by atoms with Crippen LogP contribution in [0.3, 0.4) is 0 Å². The molecule has 0 saturated carbocycles. The Hall–Kier alpha value is -0.970. The van der Waals surface area contributed by atoms with Crippen LogP contribution in [0.1, 0.15) is 31.7 Å². The van der Waals surface area contributed by atoms with Gasteiger partial charge in [-0.3, -0.25) is 9.88 Å². The molecule has 0 spiro atoms. The molecule has 0 amide bonds. The monoisotopic (exact) mass is 252 g/mol. The lowest BCUT2D eigenvalue weighted by Gasteiger charge is -2.23. The van der Waals surface area contributed by atoms with E-state index in [0.717, 1.165) is 32.4 Å². The summed E-state index contributed by atoms with van der Waals surface area (Å²) < 4.78 is 0. The number of pyridine rings is 1. The van der Waals surface area contributed by atoms with Gasteiger partial charge in [0.05, 0.1) is 6.10 Å². The molecule has 1 rings (SSSR count). The normalized spacial score (nSPS) is 12.9. The van der Waals surface area contributed by atoms with Crippen molar-refractivity contribution in [3.8, 4) is 0 Å². The van der Waals surface area contributed by atoms with Crippen LogP contribution in [0.5, 0.6) is 0 Å². The number of unbranched alkanes of at least 4 members (excludes halogenated alkanes) is 1. The maximum atomic E-state index is 9.92. The molecule has 18 heavy (non-hydrogen) atoms. The van der Waals surface area contributed by atoms with Crippen LogP contribution in [0.15, 0.2) is 24.5 Å². The Balaban J connectivity index is 2.32. The molecule has 1 atom stereocenters. The third-order valence-electron chi connectivity index (χ3n) is 3.02. The summed E-state index contributed by atoms with van der Waals surface area (Å²) in [6, 6.07) is 4.00. The summed E-state index contributed by atoms with van der Waals surface area (Å²) in [5.74, 6) is 0. The standard InChI is InChI=1S/C14H24N2O2/c1-2-16(11-13-6-8-15-9-7-13)12-14(18)5-3-4-10-17/h6-9,14,17-18H,2-5,10-12H2,1H3. The van der Waals surface area contributed by atoms with Crippen molar-refractivity contribution in [2.75, 3.05) is 19.7 Å². The highest BCUT2D eigenvalue weighted by Gasteiger charge is 2.10. The first-order valence-corrected chi connectivity index (χ1v) is 6.66. The largest absolute Gasteiger partial charge is 0.396 e. The number of aliphatic hydroxyl groups excluding tert-OH is 2. The molecule has 1 aromatic rings. The number of nitrogens with zero attached hydrogens (tertiary/aromatic N) is 2. The predicted octanol–water partition coefficient (Wildman–Crippen LogP) is 1.43. The van der Waals surface area contributed by atoms with E-state index in [4.69, 9.17) is 5.11 Å². The first kappa shape index (κ1) is 15.1. The molecule has 0 fully saturated rings. The van der Waals surface area contributed by atoms with E-state index in [2.05, 4.69) is 16.8 Å². The van der Waals surface area contributed by atoms with Crippen LogP contribution in [0, 0.1) is 0 Å². The number of hydrogen-bond donors (Lipinski definition) is 2. The summed E-state index contributed by atoms with van der Waals surface area (Å²) in [5, 5.41) is 18.6. The Labute approximate surface area is 109 Å². The summed E-state index contributed by atoms with van der Waals surface area (Å²) in [7, 11) is 0. The zero-order chi connectivity index (χ0) is 13.2. The predicted molar refractivity (Wildman–Crippen MR) is 72.1 cm³/mol. The second-order valence-corrected chi connectivity index (χ2v) is 4.56. The fourth-order valence-corrected chi connectivity index (χ4v) is 1.93. The van der Waals surface area contributed by atoms with Crippen molar-refractivity contribution in [2.24, 2.45) is 0 Å². The van der Waals surface area contributed by atoms with Gasteiger partial charge < -0.3 is 10.2 Å². The van der Waals surface area contributed by atoms with E-state index in [1.807, 2.05) is 12.1 Å². The van der Waals surface area contributed by atoms with Gasteiger partial charge in [0.15, 0.2) is 0 Å². The van der Waals surface area contributed by atoms with Gasteiger partial charge in [-0.05, 0) is 43.5 Å². The molecule has 102 valence electrons. The van der Waals surface area contributed by atoms with Gasteiger partial charge >= 0.3 is 0 Å². The van der Waals surface area contributed by atoms with Gasteiger partial charge in [-0.1, -0.05) is 6.92 Å². The van der Waals surface area contributed by atoms with Gasteiger partial charge in [-0.2, -0.15) is 0 Å². The molecule has 4 nitrogen and oxygen atoms in total. The summed E-state index contributed by atoms with van der Waals surface area (Å²) in [5.41, 5.74) is 1.22. The van der Waals surface area contributed by atoms with Crippen molar-refractivity contribution >= 4 is 0 Å². The number of likely N-dealkylation sites (N-methyl/N-ethyl adjacent to an activating group) is 1. The number of aromatic nitrogens is 1. The van der Waals surface area contributed by atoms with E-state index in [9.17, 15) is 5.11 Å². The summed E-state index contributed by atoms with van der Waals surface area (Å²) in [4.78, 5) is 6.22. The molecule has 4 heteroatoms. The highest BCUT2D eigenvalue weighted by Crippen LogP contribution is 2.07. The molecule has 0 aromatic carbocycles. The molecule has 1 heterocycles. The fraction of sp³-hybridized carbons (Fsp3) is 0.643. The van der Waals surface area contributed by atoms with Crippen molar-refractivity contribution in [3.05, 3.63) is 30.1 Å². The summed E-state index contributed by atoms with van der Waals surface area (Å²) >= 11 is 0. The Bertz CT molecular complexity index is 306. The van der Waals surface area contributed by atoms with Crippen molar-refractivity contribution < 1.29 is 10.2 Å². The van der Waals surface area contributed by atoms with E-state index in [1.54, 1.807) is 12.4 Å². The van der Waals surface area contributed by atoms with Gasteiger partial charge in [-0.25, -0.2) is 0 Å². The lowest BCUT2D eigenvalue weighted by Crippen LogP contribution is -2.32. The third kappa shape index (κ3) is 6.10. The molecule has 0 radical (unpaired) electrons. The highest BCUT2D eigenvalue weighted by atomic mass is 16.3. The zero-order valence-electron chi connectivity index (χ0n) is 11.1. The Morgan fingerprint density at radius 1 is 1.28 bits per heavy atom. The van der Waals surface area contributed by atoms with E-state index < -0.39 is 0 Å². The minimum absolute atomic E-state index is 0.210. The number of aliphatic hydroxyl groups is 2. The molecular weight excluding hydrogens is 228 g/mol. The van der Waals surface area contributed by atoms with Gasteiger partial charge in [0.25, 0.3) is 0 Å². The molecule has 0 aliphatic rings. The van der Waals surface area contributed by atoms with E-state index in [-0.39, 0.29) is 12.7 Å².